The molecule has 26 heavy (non-hydrogen) atoms. The first-order chi connectivity index (χ1) is 12.7. The van der Waals surface area contributed by atoms with Crippen LogP contribution in [0.4, 0.5) is 5.13 Å². The molecule has 0 spiro atoms. The molecule has 0 aliphatic rings. The molecule has 2 heterocycles. The number of nitrogens with zero attached hydrogens (tertiary/aromatic N) is 3. The average molecular weight is 389 g/mol. The number of fused-ring (bicyclic) bond motifs is 1. The molecule has 0 atom stereocenters. The van der Waals surface area contributed by atoms with E-state index in [2.05, 4.69) is 49.3 Å². The molecule has 2 aromatic heterocycles. The fourth-order valence-corrected chi connectivity index (χ4v) is 3.98. The number of benzene rings is 1. The van der Waals surface area contributed by atoms with Gasteiger partial charge in [-0.2, -0.15) is 0 Å². The number of thiazole rings is 2. The van der Waals surface area contributed by atoms with Crippen LogP contribution < -0.4 is 16.0 Å². The molecule has 0 radical (unpaired) electrons. The Morgan fingerprint density at radius 3 is 2.81 bits per heavy atom. The molecule has 0 amide bonds. The van der Waals surface area contributed by atoms with E-state index in [4.69, 9.17) is 0 Å². The van der Waals surface area contributed by atoms with Crippen LogP contribution >= 0.6 is 22.7 Å². The normalized spacial score (nSPS) is 11.7. The lowest BCUT2D eigenvalue weighted by molar-refractivity contribution is 0.812. The lowest BCUT2D eigenvalue weighted by Gasteiger charge is -2.11. The van der Waals surface area contributed by atoms with Crippen LogP contribution in [0.5, 0.6) is 0 Å². The van der Waals surface area contributed by atoms with Crippen molar-refractivity contribution in [3.05, 3.63) is 40.3 Å². The Hall–Kier alpha value is -2.19. The summed E-state index contributed by atoms with van der Waals surface area (Å²) in [6, 6.07) is 8.18. The van der Waals surface area contributed by atoms with Crippen LogP contribution in [-0.4, -0.2) is 42.1 Å². The molecule has 0 fully saturated rings. The molecule has 3 rings (SSSR count). The van der Waals surface area contributed by atoms with Gasteiger partial charge in [0.1, 0.15) is 0 Å². The summed E-state index contributed by atoms with van der Waals surface area (Å²) in [5.41, 5.74) is 2.16. The summed E-state index contributed by atoms with van der Waals surface area (Å²) < 4.78 is 1.20. The fraction of sp³-hybridized carbons (Fsp3) is 0.389. The smallest absolute Gasteiger partial charge is 0.191 e. The van der Waals surface area contributed by atoms with E-state index in [9.17, 15) is 0 Å². The van der Waals surface area contributed by atoms with Gasteiger partial charge in [-0.05, 0) is 26.0 Å². The number of nitrogens with one attached hydrogen (secondary N) is 3. The highest BCUT2D eigenvalue weighted by Crippen LogP contribution is 2.24. The number of aliphatic imine (C=N–C) groups is 1. The molecule has 6 nitrogen and oxygen atoms in total. The summed E-state index contributed by atoms with van der Waals surface area (Å²) in [4.78, 5) is 13.7. The van der Waals surface area contributed by atoms with Crippen molar-refractivity contribution in [3.63, 3.8) is 0 Å². The molecular weight excluding hydrogens is 364 g/mol. The summed E-state index contributed by atoms with van der Waals surface area (Å²) in [7, 11) is 0. The number of rotatable bonds is 8. The Balaban J connectivity index is 1.43. The Morgan fingerprint density at radius 1 is 1.15 bits per heavy atom. The number of guanidine groups is 1. The van der Waals surface area contributed by atoms with Crippen molar-refractivity contribution in [2.75, 3.05) is 31.5 Å². The topological polar surface area (TPSA) is 74.2 Å². The minimum Gasteiger partial charge on any atom is -0.360 e. The van der Waals surface area contributed by atoms with E-state index in [-0.39, 0.29) is 0 Å². The standard InChI is InChI=1S/C18H24N6S2/c1-3-19-17(20-9-8-14-12-25-13(2)23-14)21-10-11-22-18-24-15-6-4-5-7-16(15)26-18/h4-7,12H,3,8-11H2,1-2H3,(H,22,24)(H2,19,20,21). The largest absolute Gasteiger partial charge is 0.360 e. The van der Waals surface area contributed by atoms with Crippen molar-refractivity contribution < 1.29 is 0 Å². The SMILES string of the molecule is CCNC(=NCCc1csc(C)n1)NCCNc1nc2ccccc2s1. The van der Waals surface area contributed by atoms with Crippen LogP contribution in [0.25, 0.3) is 10.2 Å². The number of hydrogen-bond donors (Lipinski definition) is 3. The second-order valence-electron chi connectivity index (χ2n) is 5.71. The summed E-state index contributed by atoms with van der Waals surface area (Å²) in [5, 5.41) is 14.2. The van der Waals surface area contributed by atoms with E-state index in [1.54, 1.807) is 22.7 Å². The zero-order valence-electron chi connectivity index (χ0n) is 15.1. The highest BCUT2D eigenvalue weighted by atomic mass is 32.1. The molecular formula is C18H24N6S2. The third-order valence-electron chi connectivity index (χ3n) is 3.64. The summed E-state index contributed by atoms with van der Waals surface area (Å²) in [6.07, 6.45) is 0.866. The molecule has 0 saturated carbocycles. The minimum atomic E-state index is 0.726. The summed E-state index contributed by atoms with van der Waals surface area (Å²) >= 11 is 3.36. The zero-order valence-corrected chi connectivity index (χ0v) is 16.7. The Labute approximate surface area is 161 Å². The molecule has 138 valence electrons. The van der Waals surface area contributed by atoms with Crippen molar-refractivity contribution >= 4 is 44.0 Å². The maximum atomic E-state index is 4.62. The molecule has 0 unspecified atom stereocenters. The van der Waals surface area contributed by atoms with Gasteiger partial charge in [0.2, 0.25) is 0 Å². The molecule has 1 aromatic carbocycles. The second kappa shape index (κ2) is 9.49. The quantitative estimate of drug-likeness (QED) is 0.314. The van der Waals surface area contributed by atoms with Crippen LogP contribution in [0.1, 0.15) is 17.6 Å². The van der Waals surface area contributed by atoms with Crippen molar-refractivity contribution in [2.24, 2.45) is 4.99 Å². The van der Waals surface area contributed by atoms with Crippen LogP contribution in [0.2, 0.25) is 0 Å². The van der Waals surface area contributed by atoms with Crippen LogP contribution in [-0.2, 0) is 6.42 Å². The number of hydrogen-bond acceptors (Lipinski definition) is 6. The van der Waals surface area contributed by atoms with Crippen LogP contribution in [0, 0.1) is 6.92 Å². The van der Waals surface area contributed by atoms with E-state index in [1.165, 1.54) is 4.70 Å². The number of anilines is 1. The lowest BCUT2D eigenvalue weighted by Crippen LogP contribution is -2.39. The van der Waals surface area contributed by atoms with Gasteiger partial charge in [0.25, 0.3) is 0 Å². The highest BCUT2D eigenvalue weighted by molar-refractivity contribution is 7.22. The van der Waals surface area contributed by atoms with E-state index < -0.39 is 0 Å². The second-order valence-corrected chi connectivity index (χ2v) is 7.80. The Morgan fingerprint density at radius 2 is 2.04 bits per heavy atom. The van der Waals surface area contributed by atoms with E-state index in [0.717, 1.165) is 59.9 Å². The molecule has 0 aliphatic heterocycles. The fourth-order valence-electron chi connectivity index (χ4n) is 2.45. The van der Waals surface area contributed by atoms with Crippen molar-refractivity contribution in [1.82, 2.24) is 20.6 Å². The van der Waals surface area contributed by atoms with Gasteiger partial charge in [0.05, 0.1) is 20.9 Å². The van der Waals surface area contributed by atoms with Crippen LogP contribution in [0.3, 0.4) is 0 Å². The number of para-hydroxylation sites is 1. The first-order valence-electron chi connectivity index (χ1n) is 8.77. The molecule has 0 saturated heterocycles. The van der Waals surface area contributed by atoms with Gasteiger partial charge in [-0.25, -0.2) is 9.97 Å². The van der Waals surface area contributed by atoms with Crippen molar-refractivity contribution in [1.29, 1.82) is 0 Å². The zero-order chi connectivity index (χ0) is 18.2. The van der Waals surface area contributed by atoms with Crippen molar-refractivity contribution in [2.45, 2.75) is 20.3 Å². The van der Waals surface area contributed by atoms with Crippen LogP contribution in [0.15, 0.2) is 34.6 Å². The van der Waals surface area contributed by atoms with E-state index in [1.807, 2.05) is 25.1 Å². The van der Waals surface area contributed by atoms with Gasteiger partial charge in [0.15, 0.2) is 11.1 Å². The molecule has 8 heteroatoms. The summed E-state index contributed by atoms with van der Waals surface area (Å²) in [6.45, 7) is 7.23. The van der Waals surface area contributed by atoms with E-state index >= 15 is 0 Å². The molecule has 0 aliphatic carbocycles. The summed E-state index contributed by atoms with van der Waals surface area (Å²) in [5.74, 6) is 0.838. The molecule has 0 bridgehead atoms. The monoisotopic (exact) mass is 388 g/mol. The van der Waals surface area contributed by atoms with Crippen molar-refractivity contribution in [3.8, 4) is 0 Å². The highest BCUT2D eigenvalue weighted by Gasteiger charge is 2.03. The third-order valence-corrected chi connectivity index (χ3v) is 5.45. The first-order valence-corrected chi connectivity index (χ1v) is 10.5. The van der Waals surface area contributed by atoms with Gasteiger partial charge >= 0.3 is 0 Å². The van der Waals surface area contributed by atoms with Gasteiger partial charge in [-0.1, -0.05) is 23.5 Å². The minimum absolute atomic E-state index is 0.726. The maximum absolute atomic E-state index is 4.62. The maximum Gasteiger partial charge on any atom is 0.191 e. The lowest BCUT2D eigenvalue weighted by atomic mass is 10.3. The van der Waals surface area contributed by atoms with Gasteiger partial charge in [-0.15, -0.1) is 11.3 Å². The first kappa shape index (κ1) is 18.6. The third kappa shape index (κ3) is 5.40. The predicted molar refractivity (Wildman–Crippen MR) is 113 cm³/mol. The molecule has 3 aromatic rings. The van der Waals surface area contributed by atoms with Gasteiger partial charge in [0, 0.05) is 38.0 Å². The van der Waals surface area contributed by atoms with E-state index in [0.29, 0.717) is 0 Å². The molecule has 3 N–H and O–H groups in total. The number of aromatic nitrogens is 2. The predicted octanol–water partition coefficient (Wildman–Crippen LogP) is 3.27. The number of aryl methyl sites for hydroxylation is 1. The average Bonchev–Trinajstić information content (AvgIpc) is 3.24. The Bertz CT molecular complexity index is 821. The van der Waals surface area contributed by atoms with Gasteiger partial charge in [-0.3, -0.25) is 4.99 Å². The van der Waals surface area contributed by atoms with Gasteiger partial charge < -0.3 is 16.0 Å². The Kier molecular flexibility index (Phi) is 6.79.